The fourth-order valence-corrected chi connectivity index (χ4v) is 2.59. The van der Waals surface area contributed by atoms with Gasteiger partial charge in [-0.3, -0.25) is 9.78 Å². The van der Waals surface area contributed by atoms with Gasteiger partial charge < -0.3 is 10.1 Å². The third-order valence-electron chi connectivity index (χ3n) is 3.73. The molecule has 2 heterocycles. The van der Waals surface area contributed by atoms with Crippen LogP contribution in [-0.2, 0) is 0 Å². The van der Waals surface area contributed by atoms with Gasteiger partial charge in [-0.15, -0.1) is 0 Å². The average Bonchev–Trinajstić information content (AvgIpc) is 2.58. The van der Waals surface area contributed by atoms with Crippen molar-refractivity contribution in [1.29, 1.82) is 0 Å². The van der Waals surface area contributed by atoms with Crippen molar-refractivity contribution in [2.75, 3.05) is 0 Å². The Labute approximate surface area is 129 Å². The summed E-state index contributed by atoms with van der Waals surface area (Å²) in [5, 5.41) is 3.01. The predicted molar refractivity (Wildman–Crippen MR) is 80.4 cm³/mol. The van der Waals surface area contributed by atoms with Crippen molar-refractivity contribution >= 4 is 5.91 Å². The molecule has 1 saturated carbocycles. The molecule has 1 amide bonds. The molecule has 1 aliphatic carbocycles. The van der Waals surface area contributed by atoms with Crippen LogP contribution in [0.3, 0.4) is 0 Å². The van der Waals surface area contributed by atoms with Crippen LogP contribution in [0.5, 0.6) is 5.88 Å². The van der Waals surface area contributed by atoms with Gasteiger partial charge in [0.2, 0.25) is 5.88 Å². The van der Waals surface area contributed by atoms with Crippen LogP contribution in [0, 0.1) is 0 Å². The quantitative estimate of drug-likeness (QED) is 0.934. The molecule has 0 aromatic carbocycles. The molecule has 0 spiro atoms. The fourth-order valence-electron chi connectivity index (χ4n) is 2.59. The molecule has 0 aliphatic heterocycles. The maximum absolute atomic E-state index is 12.0. The second kappa shape index (κ2) is 6.98. The van der Waals surface area contributed by atoms with Gasteiger partial charge in [-0.25, -0.2) is 9.97 Å². The number of nitrogens with one attached hydrogen (secondary N) is 1. The van der Waals surface area contributed by atoms with E-state index in [-0.39, 0.29) is 18.1 Å². The molecule has 0 saturated heterocycles. The Morgan fingerprint density at radius 1 is 1.09 bits per heavy atom. The molecule has 2 aromatic heterocycles. The maximum Gasteiger partial charge on any atom is 0.271 e. The number of rotatable bonds is 4. The van der Waals surface area contributed by atoms with E-state index in [0.29, 0.717) is 11.6 Å². The van der Waals surface area contributed by atoms with E-state index in [4.69, 9.17) is 4.74 Å². The number of hydrogen-bond donors (Lipinski definition) is 1. The highest BCUT2D eigenvalue weighted by Crippen LogP contribution is 2.22. The van der Waals surface area contributed by atoms with Gasteiger partial charge in [-0.2, -0.15) is 0 Å². The maximum atomic E-state index is 12.0. The van der Waals surface area contributed by atoms with E-state index in [1.807, 2.05) is 18.2 Å². The third kappa shape index (κ3) is 3.78. The van der Waals surface area contributed by atoms with Crippen molar-refractivity contribution in [3.8, 4) is 5.88 Å². The number of aromatic nitrogens is 3. The minimum atomic E-state index is -0.165. The van der Waals surface area contributed by atoms with Crippen LogP contribution in [0.2, 0.25) is 0 Å². The number of ether oxygens (including phenoxy) is 1. The van der Waals surface area contributed by atoms with E-state index >= 15 is 0 Å². The van der Waals surface area contributed by atoms with Crippen molar-refractivity contribution < 1.29 is 9.53 Å². The van der Waals surface area contributed by atoms with Crippen molar-refractivity contribution in [1.82, 2.24) is 20.3 Å². The minimum Gasteiger partial charge on any atom is -0.474 e. The Bertz CT molecular complexity index is 598. The zero-order valence-electron chi connectivity index (χ0n) is 12.2. The summed E-state index contributed by atoms with van der Waals surface area (Å²) in [5.74, 6) is 0.497. The summed E-state index contributed by atoms with van der Waals surface area (Å²) in [6.45, 7) is 0. The Hall–Kier alpha value is -2.50. The predicted octanol–water partition coefficient (Wildman–Crippen LogP) is 1.99. The molecule has 6 heteroatoms. The van der Waals surface area contributed by atoms with E-state index in [9.17, 15) is 4.79 Å². The van der Waals surface area contributed by atoms with Crippen LogP contribution in [0.1, 0.15) is 36.2 Å². The summed E-state index contributed by atoms with van der Waals surface area (Å²) in [7, 11) is 0. The number of nitrogens with zero attached hydrogens (tertiary/aromatic N) is 3. The van der Waals surface area contributed by atoms with Crippen LogP contribution in [0.15, 0.2) is 43.0 Å². The summed E-state index contributed by atoms with van der Waals surface area (Å²) < 4.78 is 5.85. The van der Waals surface area contributed by atoms with E-state index in [1.165, 1.54) is 12.4 Å². The van der Waals surface area contributed by atoms with Crippen LogP contribution < -0.4 is 10.1 Å². The Balaban J connectivity index is 1.47. The first-order valence-corrected chi connectivity index (χ1v) is 7.46. The van der Waals surface area contributed by atoms with Gasteiger partial charge in [0, 0.05) is 30.7 Å². The van der Waals surface area contributed by atoms with Crippen molar-refractivity contribution in [3.05, 3.63) is 48.7 Å². The molecule has 3 rings (SSSR count). The summed E-state index contributed by atoms with van der Waals surface area (Å²) in [6, 6.07) is 5.81. The third-order valence-corrected chi connectivity index (χ3v) is 3.73. The molecule has 1 N–H and O–H groups in total. The molecule has 1 aliphatic rings. The van der Waals surface area contributed by atoms with Gasteiger partial charge >= 0.3 is 0 Å². The average molecular weight is 298 g/mol. The molecular weight excluding hydrogens is 280 g/mol. The Morgan fingerprint density at radius 2 is 1.95 bits per heavy atom. The highest BCUT2D eigenvalue weighted by atomic mass is 16.5. The smallest absolute Gasteiger partial charge is 0.271 e. The first-order valence-electron chi connectivity index (χ1n) is 7.46. The number of amides is 1. The zero-order chi connectivity index (χ0) is 15.2. The van der Waals surface area contributed by atoms with Crippen LogP contribution in [-0.4, -0.2) is 33.0 Å². The van der Waals surface area contributed by atoms with Gasteiger partial charge in [-0.1, -0.05) is 6.07 Å². The van der Waals surface area contributed by atoms with Crippen molar-refractivity contribution in [3.63, 3.8) is 0 Å². The van der Waals surface area contributed by atoms with Gasteiger partial charge in [0.05, 0.1) is 6.20 Å². The molecule has 0 atom stereocenters. The van der Waals surface area contributed by atoms with Crippen molar-refractivity contribution in [2.45, 2.75) is 37.8 Å². The summed E-state index contributed by atoms with van der Waals surface area (Å²) in [4.78, 5) is 24.1. The standard InChI is InChI=1S/C16H18N4O2/c21-16(14-11-17-9-10-18-14)20-12-4-6-13(7-5-12)22-15-3-1-2-8-19-15/h1-3,8-13H,4-7H2,(H,20,21). The lowest BCUT2D eigenvalue weighted by Gasteiger charge is -2.29. The van der Waals surface area contributed by atoms with Gasteiger partial charge in [-0.05, 0) is 31.7 Å². The molecule has 0 bridgehead atoms. The molecule has 0 radical (unpaired) electrons. The first kappa shape index (κ1) is 14.4. The lowest BCUT2D eigenvalue weighted by molar-refractivity contribution is 0.0885. The minimum absolute atomic E-state index is 0.165. The summed E-state index contributed by atoms with van der Waals surface area (Å²) >= 11 is 0. The molecule has 6 nitrogen and oxygen atoms in total. The molecule has 0 unspecified atom stereocenters. The topological polar surface area (TPSA) is 77.0 Å². The highest BCUT2D eigenvalue weighted by molar-refractivity contribution is 5.92. The molecule has 114 valence electrons. The van der Waals surface area contributed by atoms with E-state index in [2.05, 4.69) is 20.3 Å². The van der Waals surface area contributed by atoms with E-state index < -0.39 is 0 Å². The van der Waals surface area contributed by atoms with Crippen LogP contribution in [0.25, 0.3) is 0 Å². The van der Waals surface area contributed by atoms with Crippen molar-refractivity contribution in [2.24, 2.45) is 0 Å². The largest absolute Gasteiger partial charge is 0.474 e. The normalized spacial score (nSPS) is 21.1. The highest BCUT2D eigenvalue weighted by Gasteiger charge is 2.24. The summed E-state index contributed by atoms with van der Waals surface area (Å²) in [6.07, 6.45) is 10.0. The lowest BCUT2D eigenvalue weighted by atomic mass is 9.93. The lowest BCUT2D eigenvalue weighted by Crippen LogP contribution is -2.40. The van der Waals surface area contributed by atoms with Crippen LogP contribution >= 0.6 is 0 Å². The fraction of sp³-hybridized carbons (Fsp3) is 0.375. The molecule has 22 heavy (non-hydrogen) atoms. The molecular formula is C16H18N4O2. The molecule has 2 aromatic rings. The first-order chi connectivity index (χ1) is 10.8. The monoisotopic (exact) mass is 298 g/mol. The number of pyridine rings is 1. The van der Waals surface area contributed by atoms with E-state index in [0.717, 1.165) is 25.7 Å². The summed E-state index contributed by atoms with van der Waals surface area (Å²) in [5.41, 5.74) is 0.356. The van der Waals surface area contributed by atoms with E-state index in [1.54, 1.807) is 12.4 Å². The van der Waals surface area contributed by atoms with Gasteiger partial charge in [0.25, 0.3) is 5.91 Å². The second-order valence-corrected chi connectivity index (χ2v) is 5.32. The second-order valence-electron chi connectivity index (χ2n) is 5.32. The number of hydrogen-bond acceptors (Lipinski definition) is 5. The number of carbonyl (C=O) groups is 1. The molecule has 1 fully saturated rings. The van der Waals surface area contributed by atoms with Gasteiger partial charge in [0.1, 0.15) is 11.8 Å². The Kier molecular flexibility index (Phi) is 4.58. The zero-order valence-corrected chi connectivity index (χ0v) is 12.2. The number of carbonyl (C=O) groups excluding carboxylic acids is 1. The SMILES string of the molecule is O=C(NC1CCC(Oc2ccccn2)CC1)c1cnccn1. The van der Waals surface area contributed by atoms with Gasteiger partial charge in [0.15, 0.2) is 0 Å². The van der Waals surface area contributed by atoms with Crippen LogP contribution in [0.4, 0.5) is 0 Å². The Morgan fingerprint density at radius 3 is 2.64 bits per heavy atom.